The van der Waals surface area contributed by atoms with Gasteiger partial charge in [0.05, 0.1) is 11.9 Å². The van der Waals surface area contributed by atoms with Crippen LogP contribution in [-0.4, -0.2) is 17.7 Å². The van der Waals surface area contributed by atoms with Gasteiger partial charge < -0.3 is 20.1 Å². The van der Waals surface area contributed by atoms with E-state index in [2.05, 4.69) is 28.6 Å². The normalized spacial score (nSPS) is 11.9. The minimum absolute atomic E-state index is 0.198. The molecule has 1 aliphatic rings. The van der Waals surface area contributed by atoms with Crippen LogP contribution in [0.3, 0.4) is 0 Å². The van der Waals surface area contributed by atoms with Crippen molar-refractivity contribution in [3.63, 3.8) is 0 Å². The van der Waals surface area contributed by atoms with E-state index in [1.807, 2.05) is 24.3 Å². The number of anilines is 3. The monoisotopic (exact) mass is 361 g/mol. The van der Waals surface area contributed by atoms with Crippen LogP contribution < -0.4 is 20.1 Å². The molecule has 136 valence electrons. The zero-order valence-electron chi connectivity index (χ0n) is 14.9. The zero-order chi connectivity index (χ0) is 18.6. The molecule has 2 aromatic carbocycles. The number of ether oxygens (including phenoxy) is 2. The number of hydrogen-bond donors (Lipinski definition) is 2. The summed E-state index contributed by atoms with van der Waals surface area (Å²) in [6.45, 7) is 2.31. The summed E-state index contributed by atoms with van der Waals surface area (Å²) in [6.07, 6.45) is 2.59. The molecular formula is C21H19N3O3. The molecule has 0 atom stereocenters. The van der Waals surface area contributed by atoms with Crippen LogP contribution in [0.4, 0.5) is 17.1 Å². The number of hydrogen-bond acceptors (Lipinski definition) is 5. The van der Waals surface area contributed by atoms with Crippen LogP contribution in [0.2, 0.25) is 0 Å². The quantitative estimate of drug-likeness (QED) is 0.706. The Balaban J connectivity index is 1.44. The summed E-state index contributed by atoms with van der Waals surface area (Å²) < 4.78 is 10.6. The molecule has 0 saturated heterocycles. The summed E-state index contributed by atoms with van der Waals surface area (Å²) >= 11 is 0. The molecule has 0 bridgehead atoms. The summed E-state index contributed by atoms with van der Waals surface area (Å²) in [5, 5.41) is 6.16. The maximum atomic E-state index is 12.4. The van der Waals surface area contributed by atoms with E-state index in [0.29, 0.717) is 22.9 Å². The van der Waals surface area contributed by atoms with Crippen molar-refractivity contribution in [2.24, 2.45) is 0 Å². The predicted octanol–water partition coefficient (Wildman–Crippen LogP) is 4.37. The van der Waals surface area contributed by atoms with Crippen LogP contribution in [0.5, 0.6) is 11.5 Å². The van der Waals surface area contributed by atoms with E-state index in [1.54, 1.807) is 30.5 Å². The summed E-state index contributed by atoms with van der Waals surface area (Å²) in [5.41, 5.74) is 4.06. The van der Waals surface area contributed by atoms with Crippen molar-refractivity contribution in [3.8, 4) is 11.5 Å². The Morgan fingerprint density at radius 1 is 1.04 bits per heavy atom. The molecule has 2 N–H and O–H groups in total. The molecule has 4 rings (SSSR count). The molecule has 0 unspecified atom stereocenters. The number of nitrogens with zero attached hydrogens (tertiary/aromatic N) is 1. The maximum absolute atomic E-state index is 12.4. The van der Waals surface area contributed by atoms with Gasteiger partial charge in [-0.05, 0) is 42.3 Å². The number of aromatic nitrogens is 1. The number of pyridine rings is 1. The van der Waals surface area contributed by atoms with Gasteiger partial charge in [0.25, 0.3) is 5.91 Å². The standard InChI is InChI=1S/C21H19N3O3/c1-2-14-5-3-4-6-17(14)23-16-7-9-18(22-12-16)21(25)24-15-8-10-19-20(11-15)27-13-26-19/h3-12,23H,2,13H2,1H3,(H,24,25). The van der Waals surface area contributed by atoms with Crippen molar-refractivity contribution in [2.45, 2.75) is 13.3 Å². The average Bonchev–Trinajstić information content (AvgIpc) is 3.17. The van der Waals surface area contributed by atoms with Gasteiger partial charge in [0, 0.05) is 17.4 Å². The molecule has 0 spiro atoms. The van der Waals surface area contributed by atoms with Crippen molar-refractivity contribution < 1.29 is 14.3 Å². The maximum Gasteiger partial charge on any atom is 0.274 e. The second-order valence-corrected chi connectivity index (χ2v) is 6.09. The van der Waals surface area contributed by atoms with Gasteiger partial charge in [-0.25, -0.2) is 4.98 Å². The first kappa shape index (κ1) is 16.9. The largest absolute Gasteiger partial charge is 0.454 e. The second-order valence-electron chi connectivity index (χ2n) is 6.09. The molecular weight excluding hydrogens is 342 g/mol. The van der Waals surface area contributed by atoms with E-state index in [4.69, 9.17) is 9.47 Å². The lowest BCUT2D eigenvalue weighted by Crippen LogP contribution is -2.13. The lowest BCUT2D eigenvalue weighted by Gasteiger charge is -2.11. The Bertz CT molecular complexity index is 971. The zero-order valence-corrected chi connectivity index (χ0v) is 14.9. The molecule has 6 heteroatoms. The van der Waals surface area contributed by atoms with E-state index in [0.717, 1.165) is 17.8 Å². The van der Waals surface area contributed by atoms with E-state index < -0.39 is 0 Å². The second kappa shape index (κ2) is 7.37. The van der Waals surface area contributed by atoms with E-state index in [1.165, 1.54) is 5.56 Å². The van der Waals surface area contributed by atoms with Crippen LogP contribution in [-0.2, 0) is 6.42 Å². The number of aryl methyl sites for hydroxylation is 1. The highest BCUT2D eigenvalue weighted by atomic mass is 16.7. The fraction of sp³-hybridized carbons (Fsp3) is 0.143. The van der Waals surface area contributed by atoms with Crippen molar-refractivity contribution >= 4 is 23.0 Å². The molecule has 0 saturated carbocycles. The molecule has 0 aliphatic carbocycles. The predicted molar refractivity (Wildman–Crippen MR) is 104 cm³/mol. The Kier molecular flexibility index (Phi) is 4.61. The molecule has 0 fully saturated rings. The third kappa shape index (κ3) is 3.69. The lowest BCUT2D eigenvalue weighted by atomic mass is 10.1. The number of fused-ring (bicyclic) bond motifs is 1. The Morgan fingerprint density at radius 3 is 2.67 bits per heavy atom. The lowest BCUT2D eigenvalue weighted by molar-refractivity contribution is 0.102. The number of amides is 1. The minimum atomic E-state index is -0.283. The molecule has 2 heterocycles. The van der Waals surface area contributed by atoms with Gasteiger partial charge in [-0.3, -0.25) is 4.79 Å². The van der Waals surface area contributed by atoms with Gasteiger partial charge in [-0.1, -0.05) is 25.1 Å². The van der Waals surface area contributed by atoms with E-state index in [-0.39, 0.29) is 12.7 Å². The Labute approximate surface area is 157 Å². The van der Waals surface area contributed by atoms with Crippen LogP contribution in [0.1, 0.15) is 23.0 Å². The third-order valence-electron chi connectivity index (χ3n) is 4.30. The molecule has 0 radical (unpaired) electrons. The van der Waals surface area contributed by atoms with Crippen LogP contribution in [0, 0.1) is 0 Å². The van der Waals surface area contributed by atoms with Gasteiger partial charge >= 0.3 is 0 Å². The van der Waals surface area contributed by atoms with Crippen molar-refractivity contribution in [2.75, 3.05) is 17.4 Å². The summed E-state index contributed by atoms with van der Waals surface area (Å²) in [5.74, 6) is 1.01. The molecule has 1 amide bonds. The highest BCUT2D eigenvalue weighted by Crippen LogP contribution is 2.34. The number of carbonyl (C=O) groups excluding carboxylic acids is 1. The smallest absolute Gasteiger partial charge is 0.274 e. The van der Waals surface area contributed by atoms with Gasteiger partial charge in [-0.2, -0.15) is 0 Å². The van der Waals surface area contributed by atoms with E-state index >= 15 is 0 Å². The van der Waals surface area contributed by atoms with Gasteiger partial charge in [-0.15, -0.1) is 0 Å². The summed E-state index contributed by atoms with van der Waals surface area (Å²) in [6, 6.07) is 16.9. The van der Waals surface area contributed by atoms with Crippen molar-refractivity contribution in [1.29, 1.82) is 0 Å². The average molecular weight is 361 g/mol. The van der Waals surface area contributed by atoms with Crippen molar-refractivity contribution in [3.05, 3.63) is 72.1 Å². The van der Waals surface area contributed by atoms with E-state index in [9.17, 15) is 4.79 Å². The highest BCUT2D eigenvalue weighted by Gasteiger charge is 2.15. The fourth-order valence-electron chi connectivity index (χ4n) is 2.88. The van der Waals surface area contributed by atoms with Gasteiger partial charge in [0.1, 0.15) is 5.69 Å². The Hall–Kier alpha value is -3.54. The van der Waals surface area contributed by atoms with Gasteiger partial charge in [0.2, 0.25) is 6.79 Å². The summed E-state index contributed by atoms with van der Waals surface area (Å²) in [7, 11) is 0. The molecule has 6 nitrogen and oxygen atoms in total. The number of nitrogens with one attached hydrogen (secondary N) is 2. The number of para-hydroxylation sites is 1. The number of benzene rings is 2. The number of carbonyl (C=O) groups is 1. The molecule has 1 aliphatic heterocycles. The first-order valence-electron chi connectivity index (χ1n) is 8.75. The SMILES string of the molecule is CCc1ccccc1Nc1ccc(C(=O)Nc2ccc3c(c2)OCO3)nc1. The minimum Gasteiger partial charge on any atom is -0.454 e. The summed E-state index contributed by atoms with van der Waals surface area (Å²) in [4.78, 5) is 16.7. The molecule has 1 aromatic heterocycles. The number of rotatable bonds is 5. The van der Waals surface area contributed by atoms with Gasteiger partial charge in [0.15, 0.2) is 11.5 Å². The first-order chi connectivity index (χ1) is 13.2. The first-order valence-corrected chi connectivity index (χ1v) is 8.75. The topological polar surface area (TPSA) is 72.5 Å². The van der Waals surface area contributed by atoms with Crippen LogP contribution in [0.25, 0.3) is 0 Å². The third-order valence-corrected chi connectivity index (χ3v) is 4.30. The van der Waals surface area contributed by atoms with Crippen LogP contribution >= 0.6 is 0 Å². The van der Waals surface area contributed by atoms with Crippen molar-refractivity contribution in [1.82, 2.24) is 4.98 Å². The highest BCUT2D eigenvalue weighted by molar-refractivity contribution is 6.03. The Morgan fingerprint density at radius 2 is 1.85 bits per heavy atom. The fourth-order valence-corrected chi connectivity index (χ4v) is 2.88. The molecule has 27 heavy (non-hydrogen) atoms. The molecule has 3 aromatic rings. The van der Waals surface area contributed by atoms with Crippen LogP contribution in [0.15, 0.2) is 60.8 Å².